The first-order chi connectivity index (χ1) is 16.4. The van der Waals surface area contributed by atoms with Gasteiger partial charge in [0.2, 0.25) is 5.91 Å². The molecule has 10 atom stereocenters. The third-order valence-electron chi connectivity index (χ3n) is 11.6. The standard InChI is InChI=1S/C30H50N2O3/c1-9-18(2)28(34)31-26-15-17-30(6)24-14-16-29(5)22(19(3)32(7)8)12-13-23(29)21(24)10-11-25(30)27(26)35-20(4)33/h9,19,21-27H,10-17H2,1-8H3,(H,31,34)/b18-9+/t19-,21-,22+,23+,24-,25-,26-,27+,29+,30+/m0/s1. The van der Waals surface area contributed by atoms with Crippen molar-refractivity contribution in [3.8, 4) is 0 Å². The van der Waals surface area contributed by atoms with Gasteiger partial charge in [-0.3, -0.25) is 9.59 Å². The predicted molar refractivity (Wildman–Crippen MR) is 141 cm³/mol. The van der Waals surface area contributed by atoms with Crippen LogP contribution in [-0.2, 0) is 14.3 Å². The molecule has 0 unspecified atom stereocenters. The lowest BCUT2D eigenvalue weighted by Gasteiger charge is -2.62. The number of hydrogen-bond acceptors (Lipinski definition) is 4. The molecule has 0 aromatic heterocycles. The van der Waals surface area contributed by atoms with Gasteiger partial charge in [0.15, 0.2) is 0 Å². The number of hydrogen-bond donors (Lipinski definition) is 1. The molecule has 4 aliphatic rings. The second kappa shape index (κ2) is 9.84. The van der Waals surface area contributed by atoms with E-state index in [0.717, 1.165) is 42.6 Å². The van der Waals surface area contributed by atoms with Crippen molar-refractivity contribution in [1.29, 1.82) is 0 Å². The van der Waals surface area contributed by atoms with Gasteiger partial charge in [-0.25, -0.2) is 0 Å². The van der Waals surface area contributed by atoms with Crippen LogP contribution in [0.4, 0.5) is 0 Å². The van der Waals surface area contributed by atoms with E-state index in [0.29, 0.717) is 23.3 Å². The molecule has 0 radical (unpaired) electrons. The molecule has 0 heterocycles. The summed E-state index contributed by atoms with van der Waals surface area (Å²) in [5.41, 5.74) is 1.34. The highest BCUT2D eigenvalue weighted by Crippen LogP contribution is 2.68. The normalized spacial score (nSPS) is 44.1. The fraction of sp³-hybridized carbons (Fsp3) is 0.867. The van der Waals surface area contributed by atoms with Crippen LogP contribution in [0.2, 0.25) is 0 Å². The maximum atomic E-state index is 12.7. The van der Waals surface area contributed by atoms with Crippen LogP contribution in [0.5, 0.6) is 0 Å². The summed E-state index contributed by atoms with van der Waals surface area (Å²) in [6.07, 6.45) is 11.3. The van der Waals surface area contributed by atoms with Crippen LogP contribution < -0.4 is 5.32 Å². The molecule has 0 aromatic rings. The van der Waals surface area contributed by atoms with E-state index in [4.69, 9.17) is 4.74 Å². The monoisotopic (exact) mass is 486 g/mol. The Labute approximate surface area is 213 Å². The molecule has 0 aliphatic heterocycles. The highest BCUT2D eigenvalue weighted by molar-refractivity contribution is 5.92. The molecule has 0 aromatic carbocycles. The molecule has 0 spiro atoms. The average molecular weight is 487 g/mol. The highest BCUT2D eigenvalue weighted by Gasteiger charge is 2.62. The molecule has 5 heteroatoms. The number of allylic oxidation sites excluding steroid dienone is 1. The van der Waals surface area contributed by atoms with Gasteiger partial charge >= 0.3 is 5.97 Å². The average Bonchev–Trinajstić information content (AvgIpc) is 3.16. The predicted octanol–water partition coefficient (Wildman–Crippen LogP) is 5.59. The Morgan fingerprint density at radius 2 is 1.57 bits per heavy atom. The minimum Gasteiger partial charge on any atom is -0.460 e. The molecule has 5 nitrogen and oxygen atoms in total. The summed E-state index contributed by atoms with van der Waals surface area (Å²) in [6.45, 7) is 12.8. The summed E-state index contributed by atoms with van der Waals surface area (Å²) in [4.78, 5) is 27.3. The summed E-state index contributed by atoms with van der Waals surface area (Å²) in [5, 5.41) is 3.23. The Hall–Kier alpha value is -1.36. The Bertz CT molecular complexity index is 853. The van der Waals surface area contributed by atoms with E-state index in [1.54, 1.807) is 0 Å². The first-order valence-electron chi connectivity index (χ1n) is 14.2. The Balaban J connectivity index is 1.57. The van der Waals surface area contributed by atoms with E-state index in [9.17, 15) is 9.59 Å². The molecule has 198 valence electrons. The van der Waals surface area contributed by atoms with Gasteiger partial charge < -0.3 is 15.0 Å². The van der Waals surface area contributed by atoms with Crippen LogP contribution in [0.15, 0.2) is 11.6 Å². The van der Waals surface area contributed by atoms with Crippen LogP contribution in [0, 0.1) is 40.4 Å². The van der Waals surface area contributed by atoms with Crippen molar-refractivity contribution in [3.63, 3.8) is 0 Å². The topological polar surface area (TPSA) is 58.6 Å². The zero-order chi connectivity index (χ0) is 25.7. The van der Waals surface area contributed by atoms with Gasteiger partial charge in [-0.2, -0.15) is 0 Å². The molecule has 4 rings (SSSR count). The smallest absolute Gasteiger partial charge is 0.302 e. The van der Waals surface area contributed by atoms with Gasteiger partial charge in [-0.1, -0.05) is 19.9 Å². The molecule has 4 saturated carbocycles. The molecule has 0 saturated heterocycles. The van der Waals surface area contributed by atoms with Crippen LogP contribution >= 0.6 is 0 Å². The number of carbonyl (C=O) groups excluding carboxylic acids is 2. The third-order valence-corrected chi connectivity index (χ3v) is 11.6. The maximum Gasteiger partial charge on any atom is 0.302 e. The number of rotatable bonds is 5. The maximum absolute atomic E-state index is 12.7. The minimum atomic E-state index is -0.226. The lowest BCUT2D eigenvalue weighted by atomic mass is 9.44. The lowest BCUT2D eigenvalue weighted by Crippen LogP contribution is -2.62. The molecule has 4 aliphatic carbocycles. The first-order valence-corrected chi connectivity index (χ1v) is 14.2. The van der Waals surface area contributed by atoms with Crippen molar-refractivity contribution in [3.05, 3.63) is 11.6 Å². The zero-order valence-electron chi connectivity index (χ0n) is 23.5. The van der Waals surface area contributed by atoms with Crippen LogP contribution in [0.25, 0.3) is 0 Å². The molecule has 1 amide bonds. The number of nitrogens with zero attached hydrogens (tertiary/aromatic N) is 1. The molecule has 0 bridgehead atoms. The summed E-state index contributed by atoms with van der Waals surface area (Å²) >= 11 is 0. The summed E-state index contributed by atoms with van der Waals surface area (Å²) in [6, 6.07) is 0.531. The van der Waals surface area contributed by atoms with Crippen molar-refractivity contribution in [2.45, 2.75) is 111 Å². The summed E-state index contributed by atoms with van der Waals surface area (Å²) < 4.78 is 6.04. The van der Waals surface area contributed by atoms with Crippen molar-refractivity contribution in [2.75, 3.05) is 14.1 Å². The van der Waals surface area contributed by atoms with Crippen molar-refractivity contribution in [2.24, 2.45) is 40.4 Å². The van der Waals surface area contributed by atoms with Gasteiger partial charge in [0.05, 0.1) is 6.04 Å². The van der Waals surface area contributed by atoms with Crippen molar-refractivity contribution < 1.29 is 14.3 Å². The second-order valence-corrected chi connectivity index (χ2v) is 13.2. The van der Waals surface area contributed by atoms with Crippen molar-refractivity contribution >= 4 is 11.9 Å². The largest absolute Gasteiger partial charge is 0.460 e. The Kier molecular flexibility index (Phi) is 7.50. The quantitative estimate of drug-likeness (QED) is 0.407. The first kappa shape index (κ1) is 26.7. The molecular formula is C30H50N2O3. The van der Waals surface area contributed by atoms with E-state index < -0.39 is 0 Å². The summed E-state index contributed by atoms with van der Waals surface area (Å²) in [7, 11) is 4.48. The van der Waals surface area contributed by atoms with Gasteiger partial charge in [0, 0.05) is 24.5 Å². The van der Waals surface area contributed by atoms with Gasteiger partial charge in [-0.05, 0) is 121 Å². The fourth-order valence-electron chi connectivity index (χ4n) is 9.42. The number of fused-ring (bicyclic) bond motifs is 5. The van der Waals surface area contributed by atoms with Crippen LogP contribution in [0.1, 0.15) is 92.9 Å². The van der Waals surface area contributed by atoms with Crippen LogP contribution in [0.3, 0.4) is 0 Å². The van der Waals surface area contributed by atoms with E-state index in [1.807, 2.05) is 19.9 Å². The SMILES string of the molecule is C/C=C(\C)C(=O)N[C@H]1CC[C@]2(C)[C@H]3CC[C@@]4(C)[C@H](CC[C@@H]4[C@H](C)N(C)C)[C@@H]3CC[C@H]2[C@H]1OC(C)=O. The number of ether oxygens (including phenoxy) is 1. The highest BCUT2D eigenvalue weighted by atomic mass is 16.5. The van der Waals surface area contributed by atoms with Crippen LogP contribution in [-0.4, -0.2) is 49.1 Å². The van der Waals surface area contributed by atoms with E-state index in [1.165, 1.54) is 39.0 Å². The lowest BCUT2D eigenvalue weighted by molar-refractivity contribution is -0.180. The van der Waals surface area contributed by atoms with Crippen molar-refractivity contribution in [1.82, 2.24) is 10.2 Å². The molecule has 1 N–H and O–H groups in total. The number of carbonyl (C=O) groups is 2. The number of nitrogens with one attached hydrogen (secondary N) is 1. The minimum absolute atomic E-state index is 0.0348. The molecule has 4 fully saturated rings. The number of esters is 1. The van der Waals surface area contributed by atoms with Gasteiger partial charge in [0.25, 0.3) is 0 Å². The fourth-order valence-corrected chi connectivity index (χ4v) is 9.42. The molecular weight excluding hydrogens is 436 g/mol. The summed E-state index contributed by atoms with van der Waals surface area (Å²) in [5.74, 6) is 3.13. The Morgan fingerprint density at radius 3 is 2.20 bits per heavy atom. The van der Waals surface area contributed by atoms with E-state index >= 15 is 0 Å². The second-order valence-electron chi connectivity index (χ2n) is 13.2. The van der Waals surface area contributed by atoms with E-state index in [-0.39, 0.29) is 29.4 Å². The number of amides is 1. The molecule has 35 heavy (non-hydrogen) atoms. The van der Waals surface area contributed by atoms with Gasteiger partial charge in [0.1, 0.15) is 6.10 Å². The van der Waals surface area contributed by atoms with E-state index in [2.05, 4.69) is 45.1 Å². The third kappa shape index (κ3) is 4.49. The zero-order valence-corrected chi connectivity index (χ0v) is 23.5. The Morgan fingerprint density at radius 1 is 0.943 bits per heavy atom. The van der Waals surface area contributed by atoms with Gasteiger partial charge in [-0.15, -0.1) is 0 Å².